The SMILES string of the molecule is O=C(Cn1ccc2ccccc21)NNC(=O)c1ccc(Br)o1. The molecule has 2 heterocycles. The lowest BCUT2D eigenvalue weighted by Crippen LogP contribution is -2.43. The van der Waals surface area contributed by atoms with Crippen molar-refractivity contribution in [2.24, 2.45) is 0 Å². The predicted molar refractivity (Wildman–Crippen MR) is 84.0 cm³/mol. The number of nitrogens with zero attached hydrogens (tertiary/aromatic N) is 1. The van der Waals surface area contributed by atoms with Crippen molar-refractivity contribution in [3.05, 3.63) is 59.1 Å². The summed E-state index contributed by atoms with van der Waals surface area (Å²) in [6.07, 6.45) is 1.83. The average molecular weight is 362 g/mol. The van der Waals surface area contributed by atoms with Crippen LogP contribution in [-0.4, -0.2) is 16.4 Å². The summed E-state index contributed by atoms with van der Waals surface area (Å²) in [5.41, 5.74) is 5.62. The van der Waals surface area contributed by atoms with E-state index in [0.717, 1.165) is 10.9 Å². The van der Waals surface area contributed by atoms with E-state index in [4.69, 9.17) is 4.42 Å². The largest absolute Gasteiger partial charge is 0.444 e. The van der Waals surface area contributed by atoms with Crippen LogP contribution in [0.5, 0.6) is 0 Å². The van der Waals surface area contributed by atoms with Crippen molar-refractivity contribution in [1.82, 2.24) is 15.4 Å². The molecule has 2 aromatic heterocycles. The van der Waals surface area contributed by atoms with Crippen LogP contribution < -0.4 is 10.9 Å². The van der Waals surface area contributed by atoms with Crippen LogP contribution >= 0.6 is 15.9 Å². The van der Waals surface area contributed by atoms with Crippen LogP contribution in [-0.2, 0) is 11.3 Å². The summed E-state index contributed by atoms with van der Waals surface area (Å²) < 4.78 is 7.34. The van der Waals surface area contributed by atoms with Gasteiger partial charge >= 0.3 is 5.91 Å². The molecule has 0 aliphatic carbocycles. The number of hydrogen-bond acceptors (Lipinski definition) is 3. The van der Waals surface area contributed by atoms with Crippen molar-refractivity contribution in [2.75, 3.05) is 0 Å². The first kappa shape index (κ1) is 14.4. The van der Waals surface area contributed by atoms with E-state index in [0.29, 0.717) is 4.67 Å². The zero-order valence-electron chi connectivity index (χ0n) is 11.4. The molecule has 6 nitrogen and oxygen atoms in total. The van der Waals surface area contributed by atoms with Crippen LogP contribution in [0.4, 0.5) is 0 Å². The number of aromatic nitrogens is 1. The van der Waals surface area contributed by atoms with E-state index in [9.17, 15) is 9.59 Å². The molecule has 7 heteroatoms. The predicted octanol–water partition coefficient (Wildman–Crippen LogP) is 2.46. The Morgan fingerprint density at radius 1 is 1.09 bits per heavy atom. The number of hydrazine groups is 1. The molecule has 3 aromatic rings. The Bertz CT molecular complexity index is 837. The zero-order chi connectivity index (χ0) is 15.5. The monoisotopic (exact) mass is 361 g/mol. The van der Waals surface area contributed by atoms with Crippen LogP contribution in [0.3, 0.4) is 0 Å². The number of fused-ring (bicyclic) bond motifs is 1. The van der Waals surface area contributed by atoms with Gasteiger partial charge in [-0.15, -0.1) is 0 Å². The van der Waals surface area contributed by atoms with E-state index in [2.05, 4.69) is 26.8 Å². The first-order chi connectivity index (χ1) is 10.6. The van der Waals surface area contributed by atoms with Crippen LogP contribution in [0, 0.1) is 0 Å². The minimum atomic E-state index is -0.517. The van der Waals surface area contributed by atoms with E-state index in [1.165, 1.54) is 6.07 Å². The van der Waals surface area contributed by atoms with Gasteiger partial charge in [0.25, 0.3) is 5.91 Å². The first-order valence-corrected chi connectivity index (χ1v) is 7.31. The first-order valence-electron chi connectivity index (χ1n) is 6.52. The molecule has 0 radical (unpaired) electrons. The third-order valence-corrected chi connectivity index (χ3v) is 3.53. The van der Waals surface area contributed by atoms with Crippen molar-refractivity contribution < 1.29 is 14.0 Å². The quantitative estimate of drug-likeness (QED) is 0.703. The van der Waals surface area contributed by atoms with E-state index >= 15 is 0 Å². The number of halogens is 1. The highest BCUT2D eigenvalue weighted by molar-refractivity contribution is 9.10. The number of benzene rings is 1. The lowest BCUT2D eigenvalue weighted by molar-refractivity contribution is -0.122. The van der Waals surface area contributed by atoms with Gasteiger partial charge in [0, 0.05) is 11.7 Å². The number of para-hydroxylation sites is 1. The molecule has 0 spiro atoms. The lowest BCUT2D eigenvalue weighted by Gasteiger charge is -2.07. The molecule has 0 aliphatic heterocycles. The molecule has 1 aromatic carbocycles. The lowest BCUT2D eigenvalue weighted by atomic mass is 10.2. The Labute approximate surface area is 134 Å². The molecule has 0 atom stereocenters. The van der Waals surface area contributed by atoms with Crippen molar-refractivity contribution >= 4 is 38.6 Å². The van der Waals surface area contributed by atoms with Gasteiger partial charge in [0.2, 0.25) is 0 Å². The van der Waals surface area contributed by atoms with Gasteiger partial charge in [0.05, 0.1) is 0 Å². The summed E-state index contributed by atoms with van der Waals surface area (Å²) in [4.78, 5) is 23.6. The van der Waals surface area contributed by atoms with E-state index in [1.54, 1.807) is 10.6 Å². The summed E-state index contributed by atoms with van der Waals surface area (Å²) in [5, 5.41) is 1.06. The van der Waals surface area contributed by atoms with Crippen molar-refractivity contribution in [2.45, 2.75) is 6.54 Å². The van der Waals surface area contributed by atoms with Gasteiger partial charge in [-0.1, -0.05) is 18.2 Å². The molecule has 22 heavy (non-hydrogen) atoms. The molecule has 0 aliphatic rings. The highest BCUT2D eigenvalue weighted by atomic mass is 79.9. The number of furan rings is 1. The molecule has 0 saturated heterocycles. The second-order valence-electron chi connectivity index (χ2n) is 4.61. The fourth-order valence-corrected chi connectivity index (χ4v) is 2.40. The van der Waals surface area contributed by atoms with Crippen molar-refractivity contribution in [3.63, 3.8) is 0 Å². The maximum Gasteiger partial charge on any atom is 0.305 e. The van der Waals surface area contributed by atoms with Gasteiger partial charge in [0.1, 0.15) is 6.54 Å². The number of carbonyl (C=O) groups excluding carboxylic acids is 2. The second-order valence-corrected chi connectivity index (χ2v) is 5.39. The molecule has 2 amide bonds. The third-order valence-electron chi connectivity index (χ3n) is 3.11. The number of rotatable bonds is 3. The highest BCUT2D eigenvalue weighted by Crippen LogP contribution is 2.15. The second kappa shape index (κ2) is 6.07. The summed E-state index contributed by atoms with van der Waals surface area (Å²) in [6.45, 7) is 0.107. The van der Waals surface area contributed by atoms with Crippen LogP contribution in [0.25, 0.3) is 10.9 Å². The van der Waals surface area contributed by atoms with E-state index < -0.39 is 5.91 Å². The molecular formula is C15H12BrN3O3. The smallest absolute Gasteiger partial charge is 0.305 e. The van der Waals surface area contributed by atoms with E-state index in [1.807, 2.05) is 36.5 Å². The number of amides is 2. The van der Waals surface area contributed by atoms with Gasteiger partial charge in [-0.25, -0.2) is 0 Å². The van der Waals surface area contributed by atoms with Gasteiger partial charge < -0.3 is 8.98 Å². The maximum atomic E-state index is 11.9. The highest BCUT2D eigenvalue weighted by Gasteiger charge is 2.12. The van der Waals surface area contributed by atoms with Crippen LogP contribution in [0.1, 0.15) is 10.6 Å². The Kier molecular flexibility index (Phi) is 3.97. The summed E-state index contributed by atoms with van der Waals surface area (Å²) in [7, 11) is 0. The van der Waals surface area contributed by atoms with Gasteiger partial charge in [0.15, 0.2) is 10.4 Å². The molecule has 0 fully saturated rings. The Balaban J connectivity index is 1.60. The third kappa shape index (κ3) is 3.04. The zero-order valence-corrected chi connectivity index (χ0v) is 13.0. The van der Waals surface area contributed by atoms with Gasteiger partial charge in [-0.2, -0.15) is 0 Å². The normalized spacial score (nSPS) is 10.6. The van der Waals surface area contributed by atoms with Crippen LogP contribution in [0.15, 0.2) is 57.7 Å². The fraction of sp³-hybridized carbons (Fsp3) is 0.0667. The van der Waals surface area contributed by atoms with Gasteiger partial charge in [-0.05, 0) is 45.6 Å². The molecular weight excluding hydrogens is 350 g/mol. The standard InChI is InChI=1S/C15H12BrN3O3/c16-13-6-5-12(22-13)15(21)18-17-14(20)9-19-8-7-10-3-1-2-4-11(10)19/h1-8H,9H2,(H,17,20)(H,18,21). The minimum absolute atomic E-state index is 0.107. The number of hydrogen-bond donors (Lipinski definition) is 2. The summed E-state index contributed by atoms with van der Waals surface area (Å²) in [6, 6.07) is 12.8. The Morgan fingerprint density at radius 2 is 1.91 bits per heavy atom. The molecule has 112 valence electrons. The molecule has 3 rings (SSSR count). The van der Waals surface area contributed by atoms with Crippen LogP contribution in [0.2, 0.25) is 0 Å². The van der Waals surface area contributed by atoms with Crippen molar-refractivity contribution in [3.8, 4) is 0 Å². The average Bonchev–Trinajstić information content (AvgIpc) is 3.12. The molecule has 0 saturated carbocycles. The molecule has 0 unspecified atom stereocenters. The topological polar surface area (TPSA) is 76.3 Å². The molecule has 2 N–H and O–H groups in total. The maximum absolute atomic E-state index is 11.9. The minimum Gasteiger partial charge on any atom is -0.444 e. The fourth-order valence-electron chi connectivity index (χ4n) is 2.10. The Morgan fingerprint density at radius 3 is 2.68 bits per heavy atom. The summed E-state index contributed by atoms with van der Waals surface area (Å²) >= 11 is 3.11. The molecule has 0 bridgehead atoms. The van der Waals surface area contributed by atoms with Gasteiger partial charge in [-0.3, -0.25) is 20.4 Å². The van der Waals surface area contributed by atoms with Crippen molar-refractivity contribution in [1.29, 1.82) is 0 Å². The number of nitrogens with one attached hydrogen (secondary N) is 2. The summed E-state index contributed by atoms with van der Waals surface area (Å²) in [5.74, 6) is -0.740. The number of carbonyl (C=O) groups is 2. The Hall–Kier alpha value is -2.54. The van der Waals surface area contributed by atoms with E-state index in [-0.39, 0.29) is 18.2 Å².